The Morgan fingerprint density at radius 3 is 2.19 bits per heavy atom. The van der Waals surface area contributed by atoms with Gasteiger partial charge in [0.15, 0.2) is 11.6 Å². The lowest BCUT2D eigenvalue weighted by Gasteiger charge is -2.13. The molecule has 21 heavy (non-hydrogen) atoms. The van der Waals surface area contributed by atoms with E-state index in [9.17, 15) is 4.39 Å². The van der Waals surface area contributed by atoms with Crippen LogP contribution in [0.2, 0.25) is 0 Å². The average Bonchev–Trinajstić information content (AvgIpc) is 2.48. The highest BCUT2D eigenvalue weighted by molar-refractivity contribution is 5.45. The zero-order valence-corrected chi connectivity index (χ0v) is 12.7. The van der Waals surface area contributed by atoms with Gasteiger partial charge in [-0.25, -0.2) is 4.39 Å². The number of nitrogens with zero attached hydrogens (tertiary/aromatic N) is 1. The lowest BCUT2D eigenvalue weighted by Crippen LogP contribution is -2.13. The molecule has 0 radical (unpaired) electrons. The molecule has 3 nitrogen and oxygen atoms in total. The normalized spacial score (nSPS) is 10.5. The van der Waals surface area contributed by atoms with Crippen molar-refractivity contribution >= 4 is 5.69 Å². The maximum absolute atomic E-state index is 13.6. The molecule has 0 aliphatic rings. The predicted octanol–water partition coefficient (Wildman–Crippen LogP) is 3.19. The van der Waals surface area contributed by atoms with Crippen molar-refractivity contribution in [3.63, 3.8) is 0 Å². The molecule has 0 aliphatic carbocycles. The first-order chi connectivity index (χ1) is 10.1. The molecule has 2 aromatic carbocycles. The van der Waals surface area contributed by atoms with E-state index in [0.717, 1.165) is 12.1 Å². The molecule has 0 aromatic heterocycles. The van der Waals surface area contributed by atoms with Crippen molar-refractivity contribution in [2.75, 3.05) is 26.1 Å². The van der Waals surface area contributed by atoms with Crippen LogP contribution in [0.3, 0.4) is 0 Å². The third-order valence-electron chi connectivity index (χ3n) is 3.33. The molecular formula is C17H21FN2O. The molecule has 0 aliphatic heterocycles. The van der Waals surface area contributed by atoms with E-state index in [1.165, 1.54) is 24.4 Å². The van der Waals surface area contributed by atoms with Crippen LogP contribution < -0.4 is 15.0 Å². The number of anilines is 1. The highest BCUT2D eigenvalue weighted by Gasteiger charge is 2.03. The van der Waals surface area contributed by atoms with Crippen molar-refractivity contribution in [3.05, 3.63) is 59.4 Å². The molecule has 4 heteroatoms. The summed E-state index contributed by atoms with van der Waals surface area (Å²) in [6.07, 6.45) is 0. The summed E-state index contributed by atoms with van der Waals surface area (Å²) in [5, 5.41) is 3.31. The van der Waals surface area contributed by atoms with Gasteiger partial charge in [0.1, 0.15) is 0 Å². The van der Waals surface area contributed by atoms with Crippen LogP contribution in [0.4, 0.5) is 10.1 Å². The number of halogens is 1. The Balaban J connectivity index is 1.87. The zero-order chi connectivity index (χ0) is 15.2. The fourth-order valence-corrected chi connectivity index (χ4v) is 2.08. The Bertz CT molecular complexity index is 582. The maximum atomic E-state index is 13.6. The van der Waals surface area contributed by atoms with Gasteiger partial charge in [0.05, 0.1) is 7.11 Å². The molecule has 2 rings (SSSR count). The Morgan fingerprint density at radius 1 is 1.00 bits per heavy atom. The molecule has 0 atom stereocenters. The van der Waals surface area contributed by atoms with Crippen molar-refractivity contribution < 1.29 is 9.13 Å². The number of benzene rings is 2. The average molecular weight is 288 g/mol. The summed E-state index contributed by atoms with van der Waals surface area (Å²) in [5.74, 6) is -0.0508. The lowest BCUT2D eigenvalue weighted by atomic mass is 10.1. The lowest BCUT2D eigenvalue weighted by molar-refractivity contribution is 0.386. The van der Waals surface area contributed by atoms with Gasteiger partial charge in [-0.3, -0.25) is 0 Å². The van der Waals surface area contributed by atoms with E-state index in [0.29, 0.717) is 6.54 Å². The molecule has 0 saturated heterocycles. The molecule has 0 heterocycles. The first-order valence-electron chi connectivity index (χ1n) is 6.89. The zero-order valence-electron chi connectivity index (χ0n) is 12.7. The number of ether oxygens (including phenoxy) is 1. The van der Waals surface area contributed by atoms with Crippen LogP contribution in [0.1, 0.15) is 11.1 Å². The third kappa shape index (κ3) is 4.20. The number of hydrogen-bond donors (Lipinski definition) is 1. The quantitative estimate of drug-likeness (QED) is 0.883. The van der Waals surface area contributed by atoms with Gasteiger partial charge in [0, 0.05) is 32.9 Å². The number of methoxy groups -OCH3 is 1. The van der Waals surface area contributed by atoms with Gasteiger partial charge in [-0.15, -0.1) is 0 Å². The van der Waals surface area contributed by atoms with Crippen LogP contribution in [0.25, 0.3) is 0 Å². The summed E-state index contributed by atoms with van der Waals surface area (Å²) in [7, 11) is 5.50. The molecule has 0 unspecified atom stereocenters. The van der Waals surface area contributed by atoms with Gasteiger partial charge in [-0.2, -0.15) is 0 Å². The van der Waals surface area contributed by atoms with E-state index in [-0.39, 0.29) is 11.6 Å². The van der Waals surface area contributed by atoms with Crippen LogP contribution in [0.5, 0.6) is 5.75 Å². The number of rotatable bonds is 6. The summed E-state index contributed by atoms with van der Waals surface area (Å²) < 4.78 is 18.5. The monoisotopic (exact) mass is 288 g/mol. The van der Waals surface area contributed by atoms with Crippen LogP contribution in [-0.2, 0) is 13.1 Å². The van der Waals surface area contributed by atoms with E-state index in [2.05, 4.69) is 34.5 Å². The summed E-state index contributed by atoms with van der Waals surface area (Å²) in [6, 6.07) is 13.4. The molecule has 0 fully saturated rings. The van der Waals surface area contributed by atoms with Gasteiger partial charge in [0.25, 0.3) is 0 Å². The second-order valence-electron chi connectivity index (χ2n) is 5.13. The molecular weight excluding hydrogens is 267 g/mol. The smallest absolute Gasteiger partial charge is 0.165 e. The third-order valence-corrected chi connectivity index (χ3v) is 3.33. The Hall–Kier alpha value is -2.07. The molecule has 2 aromatic rings. The predicted molar refractivity (Wildman–Crippen MR) is 84.3 cm³/mol. The topological polar surface area (TPSA) is 24.5 Å². The fourth-order valence-electron chi connectivity index (χ4n) is 2.08. The standard InChI is InChI=1S/C17H21FN2O/c1-20(2)15-7-4-13(5-8-15)11-19-12-14-6-9-17(21-3)16(18)10-14/h4-10,19H,11-12H2,1-3H3. The van der Waals surface area contributed by atoms with E-state index in [4.69, 9.17) is 4.74 Å². The minimum atomic E-state index is -0.327. The second-order valence-corrected chi connectivity index (χ2v) is 5.13. The first kappa shape index (κ1) is 15.3. The van der Waals surface area contributed by atoms with E-state index < -0.39 is 0 Å². The first-order valence-corrected chi connectivity index (χ1v) is 6.89. The van der Waals surface area contributed by atoms with Crippen molar-refractivity contribution in [2.45, 2.75) is 13.1 Å². The van der Waals surface area contributed by atoms with E-state index in [1.807, 2.05) is 20.2 Å². The molecule has 0 bridgehead atoms. The fraction of sp³-hybridized carbons (Fsp3) is 0.294. The van der Waals surface area contributed by atoms with Gasteiger partial charge in [-0.1, -0.05) is 18.2 Å². The summed E-state index contributed by atoms with van der Waals surface area (Å²) in [6.45, 7) is 1.37. The highest BCUT2D eigenvalue weighted by Crippen LogP contribution is 2.17. The number of nitrogens with one attached hydrogen (secondary N) is 1. The molecule has 0 amide bonds. The Morgan fingerprint density at radius 2 is 1.62 bits per heavy atom. The van der Waals surface area contributed by atoms with Crippen LogP contribution in [0.15, 0.2) is 42.5 Å². The highest BCUT2D eigenvalue weighted by atomic mass is 19.1. The van der Waals surface area contributed by atoms with Gasteiger partial charge >= 0.3 is 0 Å². The molecule has 112 valence electrons. The van der Waals surface area contributed by atoms with Crippen molar-refractivity contribution in [2.24, 2.45) is 0 Å². The minimum Gasteiger partial charge on any atom is -0.494 e. The van der Waals surface area contributed by atoms with Crippen LogP contribution in [-0.4, -0.2) is 21.2 Å². The van der Waals surface area contributed by atoms with Crippen LogP contribution >= 0.6 is 0 Å². The molecule has 0 spiro atoms. The summed E-state index contributed by atoms with van der Waals surface area (Å²) in [4.78, 5) is 2.07. The van der Waals surface area contributed by atoms with Gasteiger partial charge < -0.3 is 15.0 Å². The second kappa shape index (κ2) is 7.09. The van der Waals surface area contributed by atoms with Gasteiger partial charge in [0.2, 0.25) is 0 Å². The van der Waals surface area contributed by atoms with Crippen LogP contribution in [0, 0.1) is 5.82 Å². The van der Waals surface area contributed by atoms with Crippen molar-refractivity contribution in [1.82, 2.24) is 5.32 Å². The summed E-state index contributed by atoms with van der Waals surface area (Å²) >= 11 is 0. The van der Waals surface area contributed by atoms with E-state index in [1.54, 1.807) is 6.07 Å². The van der Waals surface area contributed by atoms with Crippen molar-refractivity contribution in [3.8, 4) is 5.75 Å². The van der Waals surface area contributed by atoms with E-state index >= 15 is 0 Å². The maximum Gasteiger partial charge on any atom is 0.165 e. The molecule has 1 N–H and O–H groups in total. The number of hydrogen-bond acceptors (Lipinski definition) is 3. The molecule has 0 saturated carbocycles. The SMILES string of the molecule is COc1ccc(CNCc2ccc(N(C)C)cc2)cc1F. The largest absolute Gasteiger partial charge is 0.494 e. The summed E-state index contributed by atoms with van der Waals surface area (Å²) in [5.41, 5.74) is 3.28. The van der Waals surface area contributed by atoms with Gasteiger partial charge in [-0.05, 0) is 35.4 Å². The Kier molecular flexibility index (Phi) is 5.17. The Labute approximate surface area is 125 Å². The minimum absolute atomic E-state index is 0.276. The van der Waals surface area contributed by atoms with Crippen molar-refractivity contribution in [1.29, 1.82) is 0 Å².